The van der Waals surface area contributed by atoms with Crippen LogP contribution in [0.1, 0.15) is 36.8 Å². The Bertz CT molecular complexity index is 1340. The molecule has 0 saturated carbocycles. The van der Waals surface area contributed by atoms with Crippen LogP contribution in [0, 0.1) is 0 Å². The van der Waals surface area contributed by atoms with Crippen molar-refractivity contribution in [3.8, 4) is 11.6 Å². The molecule has 1 fully saturated rings. The van der Waals surface area contributed by atoms with E-state index in [0.717, 1.165) is 12.1 Å². The minimum Gasteiger partial charge on any atom is -0.444 e. The van der Waals surface area contributed by atoms with Crippen molar-refractivity contribution in [3.05, 3.63) is 59.9 Å². The minimum atomic E-state index is -4.48. The average Bonchev–Trinajstić information content (AvgIpc) is 2.87. The summed E-state index contributed by atoms with van der Waals surface area (Å²) < 4.78 is 54.6. The zero-order valence-electron chi connectivity index (χ0n) is 22.0. The van der Waals surface area contributed by atoms with Gasteiger partial charge in [0.05, 0.1) is 23.7 Å². The Kier molecular flexibility index (Phi) is 7.96. The van der Waals surface area contributed by atoms with Crippen molar-refractivity contribution < 1.29 is 37.0 Å². The molecule has 1 atom stereocenters. The van der Waals surface area contributed by atoms with Gasteiger partial charge in [-0.1, -0.05) is 6.07 Å². The van der Waals surface area contributed by atoms with E-state index in [4.69, 9.17) is 14.2 Å². The first-order valence-corrected chi connectivity index (χ1v) is 12.2. The van der Waals surface area contributed by atoms with Gasteiger partial charge in [-0.15, -0.1) is 0 Å². The molecule has 9 nitrogen and oxygen atoms in total. The Labute approximate surface area is 223 Å². The number of pyridine rings is 2. The Hall–Kier alpha value is -3.93. The van der Waals surface area contributed by atoms with E-state index in [9.17, 15) is 22.8 Å². The first kappa shape index (κ1) is 28.1. The highest BCUT2D eigenvalue weighted by Gasteiger charge is 2.35. The highest BCUT2D eigenvalue weighted by atomic mass is 19.4. The summed E-state index contributed by atoms with van der Waals surface area (Å²) in [6, 6.07) is 9.88. The molecular weight excluding hydrogens is 517 g/mol. The molecule has 1 aliphatic heterocycles. The molecule has 1 aromatic carbocycles. The minimum absolute atomic E-state index is 0.0123. The van der Waals surface area contributed by atoms with E-state index < -0.39 is 23.4 Å². The van der Waals surface area contributed by atoms with Crippen LogP contribution in [0.5, 0.6) is 11.6 Å². The molecule has 4 rings (SSSR count). The fourth-order valence-electron chi connectivity index (χ4n) is 4.11. The topological polar surface area (TPSA) is 94.1 Å². The van der Waals surface area contributed by atoms with Gasteiger partial charge in [-0.3, -0.25) is 9.69 Å². The number of aromatic nitrogens is 2. The molecule has 39 heavy (non-hydrogen) atoms. The van der Waals surface area contributed by atoms with Crippen molar-refractivity contribution in [3.63, 3.8) is 0 Å². The lowest BCUT2D eigenvalue weighted by Gasteiger charge is -2.41. The lowest BCUT2D eigenvalue weighted by molar-refractivity contribution is -0.137. The molecule has 0 bridgehead atoms. The Morgan fingerprint density at radius 3 is 2.46 bits per heavy atom. The van der Waals surface area contributed by atoms with Gasteiger partial charge in [0.2, 0.25) is 5.88 Å². The number of halogens is 3. The number of nitrogens with zero attached hydrogens (tertiary/aromatic N) is 4. The van der Waals surface area contributed by atoms with Crippen LogP contribution in [-0.4, -0.2) is 76.8 Å². The maximum absolute atomic E-state index is 13.3. The number of rotatable bonds is 5. The van der Waals surface area contributed by atoms with Gasteiger partial charge in [0.15, 0.2) is 0 Å². The second-order valence-corrected chi connectivity index (χ2v) is 10.1. The summed E-state index contributed by atoms with van der Waals surface area (Å²) >= 11 is 0. The summed E-state index contributed by atoms with van der Waals surface area (Å²) in [5, 5.41) is 0.669. The number of alkyl halides is 3. The quantitative estimate of drug-likeness (QED) is 0.437. The van der Waals surface area contributed by atoms with E-state index in [1.165, 1.54) is 7.11 Å². The molecule has 2 amide bonds. The smallest absolute Gasteiger partial charge is 0.417 e. The molecule has 1 aliphatic rings. The van der Waals surface area contributed by atoms with Crippen LogP contribution in [0.2, 0.25) is 0 Å². The van der Waals surface area contributed by atoms with E-state index in [2.05, 4.69) is 9.97 Å². The van der Waals surface area contributed by atoms with Gasteiger partial charge in [-0.2, -0.15) is 13.2 Å². The summed E-state index contributed by atoms with van der Waals surface area (Å²) in [7, 11) is 1.53. The largest absolute Gasteiger partial charge is 0.444 e. The van der Waals surface area contributed by atoms with E-state index in [-0.39, 0.29) is 36.7 Å². The lowest BCUT2D eigenvalue weighted by Crippen LogP contribution is -2.58. The van der Waals surface area contributed by atoms with Crippen LogP contribution in [0.25, 0.3) is 10.9 Å². The SMILES string of the molecule is COC[C@H]1CN(C(=O)c2ccc3cc(Oc4ccc(C(F)(F)F)cn4)ccc3n2)CCN1C(=O)OC(C)(C)C. The van der Waals surface area contributed by atoms with Gasteiger partial charge >= 0.3 is 12.3 Å². The second-order valence-electron chi connectivity index (χ2n) is 10.1. The monoisotopic (exact) mass is 546 g/mol. The van der Waals surface area contributed by atoms with Crippen LogP contribution < -0.4 is 4.74 Å². The van der Waals surface area contributed by atoms with Crippen LogP contribution >= 0.6 is 0 Å². The van der Waals surface area contributed by atoms with Gasteiger partial charge in [-0.25, -0.2) is 14.8 Å². The number of carbonyl (C=O) groups excluding carboxylic acids is 2. The van der Waals surface area contributed by atoms with Crippen molar-refractivity contribution >= 4 is 22.9 Å². The van der Waals surface area contributed by atoms with Gasteiger partial charge in [0.25, 0.3) is 5.91 Å². The number of hydrogen-bond acceptors (Lipinski definition) is 7. The maximum atomic E-state index is 13.3. The van der Waals surface area contributed by atoms with E-state index in [0.29, 0.717) is 35.9 Å². The highest BCUT2D eigenvalue weighted by Crippen LogP contribution is 2.30. The zero-order valence-corrected chi connectivity index (χ0v) is 22.0. The Morgan fingerprint density at radius 2 is 1.82 bits per heavy atom. The number of hydrogen-bond donors (Lipinski definition) is 0. The molecule has 3 heterocycles. The van der Waals surface area contributed by atoms with Crippen LogP contribution in [0.15, 0.2) is 48.7 Å². The molecule has 12 heteroatoms. The third-order valence-corrected chi connectivity index (χ3v) is 5.92. The van der Waals surface area contributed by atoms with Crippen molar-refractivity contribution in [1.29, 1.82) is 0 Å². The molecule has 0 N–H and O–H groups in total. The number of methoxy groups -OCH3 is 1. The number of piperazine rings is 1. The molecule has 3 aromatic rings. The predicted octanol–water partition coefficient (Wildman–Crippen LogP) is 5.15. The normalized spacial score (nSPS) is 16.3. The van der Waals surface area contributed by atoms with Gasteiger partial charge in [0, 0.05) is 44.4 Å². The van der Waals surface area contributed by atoms with Crippen LogP contribution in [0.4, 0.5) is 18.0 Å². The molecular formula is C27H29F3N4O5. The average molecular weight is 547 g/mol. The molecule has 2 aromatic heterocycles. The van der Waals surface area contributed by atoms with Crippen molar-refractivity contribution in [2.45, 2.75) is 38.6 Å². The second kappa shape index (κ2) is 11.0. The molecule has 0 unspecified atom stereocenters. The zero-order chi connectivity index (χ0) is 28.4. The molecule has 0 spiro atoms. The Morgan fingerprint density at radius 1 is 1.05 bits per heavy atom. The maximum Gasteiger partial charge on any atom is 0.417 e. The summed E-state index contributed by atoms with van der Waals surface area (Å²) in [5.74, 6) is 0.0886. The third-order valence-electron chi connectivity index (χ3n) is 5.92. The summed E-state index contributed by atoms with van der Waals surface area (Å²) in [6.45, 7) is 6.49. The summed E-state index contributed by atoms with van der Waals surface area (Å²) in [6.07, 6.45) is -4.23. The van der Waals surface area contributed by atoms with E-state index in [1.807, 2.05) is 0 Å². The van der Waals surface area contributed by atoms with E-state index >= 15 is 0 Å². The third kappa shape index (κ3) is 6.94. The Balaban J connectivity index is 1.45. The fraction of sp³-hybridized carbons (Fsp3) is 0.407. The number of fused-ring (bicyclic) bond motifs is 1. The van der Waals surface area contributed by atoms with Crippen molar-refractivity contribution in [1.82, 2.24) is 19.8 Å². The van der Waals surface area contributed by atoms with E-state index in [1.54, 1.807) is 60.9 Å². The summed E-state index contributed by atoms with van der Waals surface area (Å²) in [5.41, 5.74) is -0.734. The number of carbonyl (C=O) groups is 2. The van der Waals surface area contributed by atoms with Crippen molar-refractivity contribution in [2.24, 2.45) is 0 Å². The molecule has 0 radical (unpaired) electrons. The number of amides is 2. The number of ether oxygens (including phenoxy) is 3. The van der Waals surface area contributed by atoms with Crippen molar-refractivity contribution in [2.75, 3.05) is 33.4 Å². The van der Waals surface area contributed by atoms with Crippen LogP contribution in [0.3, 0.4) is 0 Å². The first-order valence-electron chi connectivity index (χ1n) is 12.2. The van der Waals surface area contributed by atoms with Gasteiger partial charge in [-0.05, 0) is 51.1 Å². The summed E-state index contributed by atoms with van der Waals surface area (Å²) in [4.78, 5) is 37.4. The van der Waals surface area contributed by atoms with Gasteiger partial charge < -0.3 is 19.1 Å². The van der Waals surface area contributed by atoms with Gasteiger partial charge in [0.1, 0.15) is 17.0 Å². The standard InChI is InChI=1S/C27H29F3N4O5/c1-26(2,3)39-25(36)34-12-11-33(15-19(34)16-37-4)24(35)22-8-5-17-13-20(7-9-21(17)32-22)38-23-10-6-18(14-31-23)27(28,29)30/h5-10,13-14,19H,11-12,15-16H2,1-4H3/t19-/m1/s1. The highest BCUT2D eigenvalue weighted by molar-refractivity contribution is 5.95. The first-order chi connectivity index (χ1) is 18.3. The fourth-order valence-corrected chi connectivity index (χ4v) is 4.11. The predicted molar refractivity (Wildman–Crippen MR) is 136 cm³/mol. The molecule has 1 saturated heterocycles. The lowest BCUT2D eigenvalue weighted by atomic mass is 10.1. The van der Waals surface area contributed by atoms with Crippen LogP contribution in [-0.2, 0) is 15.7 Å². The number of benzene rings is 1. The molecule has 208 valence electrons. The molecule has 0 aliphatic carbocycles.